The second-order valence-electron chi connectivity index (χ2n) is 6.63. The van der Waals surface area contributed by atoms with Gasteiger partial charge in [0.25, 0.3) is 0 Å². The minimum atomic E-state index is -0.138. The van der Waals surface area contributed by atoms with Crippen LogP contribution in [0, 0.1) is 6.92 Å². The van der Waals surface area contributed by atoms with Gasteiger partial charge in [-0.15, -0.1) is 0 Å². The maximum atomic E-state index is 9.34. The molecule has 0 amide bonds. The fourth-order valence-corrected chi connectivity index (χ4v) is 2.40. The third-order valence-corrected chi connectivity index (χ3v) is 3.96. The van der Waals surface area contributed by atoms with E-state index >= 15 is 0 Å². The summed E-state index contributed by atoms with van der Waals surface area (Å²) in [5.74, 6) is 2.20. The van der Waals surface area contributed by atoms with Gasteiger partial charge in [-0.05, 0) is 26.2 Å². The average Bonchev–Trinajstić information content (AvgIpc) is 2.28. The molecule has 1 aromatic rings. The molecule has 20 heavy (non-hydrogen) atoms. The molecule has 2 rings (SSSR count). The summed E-state index contributed by atoms with van der Waals surface area (Å²) >= 11 is 0. The van der Waals surface area contributed by atoms with Crippen LogP contribution in [0.2, 0.25) is 0 Å². The van der Waals surface area contributed by atoms with Gasteiger partial charge in [-0.3, -0.25) is 0 Å². The van der Waals surface area contributed by atoms with Crippen LogP contribution in [0.5, 0.6) is 0 Å². The van der Waals surface area contributed by atoms with Crippen molar-refractivity contribution in [2.24, 2.45) is 0 Å². The third-order valence-electron chi connectivity index (χ3n) is 3.96. The van der Waals surface area contributed by atoms with E-state index in [4.69, 9.17) is 10.7 Å². The van der Waals surface area contributed by atoms with Gasteiger partial charge in [-0.1, -0.05) is 20.8 Å². The number of nitrogen functional groups attached to an aromatic ring is 1. The zero-order chi connectivity index (χ0) is 14.9. The maximum absolute atomic E-state index is 9.34. The van der Waals surface area contributed by atoms with Crippen molar-refractivity contribution in [3.8, 4) is 0 Å². The van der Waals surface area contributed by atoms with E-state index in [2.05, 4.69) is 30.7 Å². The topological polar surface area (TPSA) is 75.3 Å². The molecule has 0 unspecified atom stereocenters. The number of hydrogen-bond acceptors (Lipinski definition) is 5. The Morgan fingerprint density at radius 2 is 1.95 bits per heavy atom. The quantitative estimate of drug-likeness (QED) is 0.881. The Morgan fingerprint density at radius 3 is 2.40 bits per heavy atom. The zero-order valence-electron chi connectivity index (χ0n) is 13.0. The Kier molecular flexibility index (Phi) is 4.18. The SMILES string of the molecule is Cc1c(N)nc(C(C)(C)C)nc1N(CCO)C1CCC1. The number of aliphatic hydroxyl groups excluding tert-OH is 1. The highest BCUT2D eigenvalue weighted by Gasteiger charge is 2.29. The summed E-state index contributed by atoms with van der Waals surface area (Å²) in [6.45, 7) is 8.94. The lowest BCUT2D eigenvalue weighted by atomic mass is 9.91. The standard InChI is InChI=1S/C15H26N4O/c1-10-12(16)17-14(15(2,3)4)18-13(10)19(8-9-20)11-6-5-7-11/h11,20H,5-9H2,1-4H3,(H2,16,17,18). The van der Waals surface area contributed by atoms with Gasteiger partial charge < -0.3 is 15.7 Å². The Labute approximate surface area is 121 Å². The van der Waals surface area contributed by atoms with Crippen molar-refractivity contribution in [3.05, 3.63) is 11.4 Å². The number of aromatic nitrogens is 2. The van der Waals surface area contributed by atoms with Gasteiger partial charge >= 0.3 is 0 Å². The van der Waals surface area contributed by atoms with Gasteiger partial charge in [-0.2, -0.15) is 0 Å². The summed E-state index contributed by atoms with van der Waals surface area (Å²) in [6, 6.07) is 0.475. The fourth-order valence-electron chi connectivity index (χ4n) is 2.40. The molecule has 5 nitrogen and oxygen atoms in total. The van der Waals surface area contributed by atoms with E-state index in [1.54, 1.807) is 0 Å². The van der Waals surface area contributed by atoms with Gasteiger partial charge in [0.1, 0.15) is 17.5 Å². The first-order chi connectivity index (χ1) is 9.34. The van der Waals surface area contributed by atoms with Crippen LogP contribution < -0.4 is 10.6 Å². The number of rotatable bonds is 4. The van der Waals surface area contributed by atoms with Crippen LogP contribution in [0.4, 0.5) is 11.6 Å². The molecule has 1 aliphatic rings. The van der Waals surface area contributed by atoms with Crippen molar-refractivity contribution in [2.45, 2.75) is 58.4 Å². The highest BCUT2D eigenvalue weighted by molar-refractivity contribution is 5.57. The van der Waals surface area contributed by atoms with Crippen molar-refractivity contribution in [1.82, 2.24) is 9.97 Å². The number of hydrogen-bond donors (Lipinski definition) is 2. The molecule has 0 radical (unpaired) electrons. The fraction of sp³-hybridized carbons (Fsp3) is 0.733. The highest BCUT2D eigenvalue weighted by atomic mass is 16.3. The first kappa shape index (κ1) is 15.0. The van der Waals surface area contributed by atoms with Crippen molar-refractivity contribution < 1.29 is 5.11 Å². The Bertz CT molecular complexity index is 477. The van der Waals surface area contributed by atoms with E-state index < -0.39 is 0 Å². The number of aliphatic hydroxyl groups is 1. The van der Waals surface area contributed by atoms with E-state index in [-0.39, 0.29) is 12.0 Å². The maximum Gasteiger partial charge on any atom is 0.138 e. The normalized spacial score (nSPS) is 16.1. The van der Waals surface area contributed by atoms with Gasteiger partial charge in [0, 0.05) is 23.6 Å². The minimum absolute atomic E-state index is 0.130. The van der Waals surface area contributed by atoms with E-state index in [0.29, 0.717) is 18.4 Å². The van der Waals surface area contributed by atoms with Crippen molar-refractivity contribution in [2.75, 3.05) is 23.8 Å². The van der Waals surface area contributed by atoms with Crippen LogP contribution in [-0.2, 0) is 5.41 Å². The summed E-state index contributed by atoms with van der Waals surface area (Å²) < 4.78 is 0. The smallest absolute Gasteiger partial charge is 0.138 e. The lowest BCUT2D eigenvalue weighted by molar-refractivity contribution is 0.282. The second-order valence-corrected chi connectivity index (χ2v) is 6.63. The first-order valence-electron chi connectivity index (χ1n) is 7.36. The molecule has 0 aromatic carbocycles. The van der Waals surface area contributed by atoms with Crippen molar-refractivity contribution >= 4 is 11.6 Å². The summed E-state index contributed by atoms with van der Waals surface area (Å²) in [6.07, 6.45) is 3.57. The first-order valence-corrected chi connectivity index (χ1v) is 7.36. The predicted molar refractivity (Wildman–Crippen MR) is 82.0 cm³/mol. The average molecular weight is 278 g/mol. The molecule has 1 saturated carbocycles. The summed E-state index contributed by atoms with van der Waals surface area (Å²) in [7, 11) is 0. The van der Waals surface area contributed by atoms with Crippen LogP contribution in [0.25, 0.3) is 0 Å². The molecule has 112 valence electrons. The van der Waals surface area contributed by atoms with Crippen LogP contribution in [0.15, 0.2) is 0 Å². The molecular weight excluding hydrogens is 252 g/mol. The predicted octanol–water partition coefficient (Wildman–Crippen LogP) is 2.02. The number of nitrogens with zero attached hydrogens (tertiary/aromatic N) is 3. The molecule has 0 atom stereocenters. The molecule has 1 aromatic heterocycles. The Hall–Kier alpha value is -1.36. The van der Waals surface area contributed by atoms with E-state index in [9.17, 15) is 5.11 Å². The van der Waals surface area contributed by atoms with Crippen LogP contribution in [-0.4, -0.2) is 34.3 Å². The van der Waals surface area contributed by atoms with Crippen molar-refractivity contribution in [1.29, 1.82) is 0 Å². The summed E-state index contributed by atoms with van der Waals surface area (Å²) in [5, 5.41) is 9.34. The van der Waals surface area contributed by atoms with Gasteiger partial charge in [0.05, 0.1) is 6.61 Å². The molecular formula is C15H26N4O. The monoisotopic (exact) mass is 278 g/mol. The lowest BCUT2D eigenvalue weighted by Gasteiger charge is -2.39. The van der Waals surface area contributed by atoms with Gasteiger partial charge in [0.15, 0.2) is 0 Å². The molecule has 1 fully saturated rings. The molecule has 5 heteroatoms. The third kappa shape index (κ3) is 2.87. The molecule has 0 aliphatic heterocycles. The van der Waals surface area contributed by atoms with Crippen LogP contribution in [0.1, 0.15) is 51.4 Å². The van der Waals surface area contributed by atoms with E-state index in [1.165, 1.54) is 6.42 Å². The van der Waals surface area contributed by atoms with E-state index in [0.717, 1.165) is 30.0 Å². The Morgan fingerprint density at radius 1 is 1.30 bits per heavy atom. The highest BCUT2D eigenvalue weighted by Crippen LogP contribution is 2.33. The lowest BCUT2D eigenvalue weighted by Crippen LogP contribution is -2.43. The number of anilines is 2. The summed E-state index contributed by atoms with van der Waals surface area (Å²) in [4.78, 5) is 11.4. The zero-order valence-corrected chi connectivity index (χ0v) is 13.0. The largest absolute Gasteiger partial charge is 0.395 e. The minimum Gasteiger partial charge on any atom is -0.395 e. The molecule has 1 aliphatic carbocycles. The molecule has 0 saturated heterocycles. The van der Waals surface area contributed by atoms with E-state index in [1.807, 2.05) is 6.92 Å². The van der Waals surface area contributed by atoms with Gasteiger partial charge in [-0.25, -0.2) is 9.97 Å². The van der Waals surface area contributed by atoms with Crippen molar-refractivity contribution in [3.63, 3.8) is 0 Å². The summed E-state index contributed by atoms with van der Waals surface area (Å²) in [5.41, 5.74) is 6.85. The Balaban J connectivity index is 2.44. The second kappa shape index (κ2) is 5.56. The van der Waals surface area contributed by atoms with Crippen LogP contribution >= 0.6 is 0 Å². The molecule has 0 spiro atoms. The van der Waals surface area contributed by atoms with Gasteiger partial charge in [0.2, 0.25) is 0 Å². The molecule has 3 N–H and O–H groups in total. The molecule has 0 bridgehead atoms. The number of nitrogens with two attached hydrogens (primary N) is 1. The molecule has 1 heterocycles. The van der Waals surface area contributed by atoms with Crippen LogP contribution in [0.3, 0.4) is 0 Å².